The maximum atomic E-state index is 5.54. The van der Waals surface area contributed by atoms with Gasteiger partial charge in [-0.15, -0.1) is 0 Å². The summed E-state index contributed by atoms with van der Waals surface area (Å²) in [5.41, 5.74) is 2.36. The smallest absolute Gasteiger partial charge is 0.237 e. The van der Waals surface area contributed by atoms with Crippen molar-refractivity contribution >= 4 is 0 Å². The number of nitrogens with zero attached hydrogens (tertiary/aromatic N) is 3. The Bertz CT molecular complexity index is 733. The van der Waals surface area contributed by atoms with Crippen LogP contribution in [0.5, 0.6) is 0 Å². The quantitative estimate of drug-likeness (QED) is 0.735. The summed E-state index contributed by atoms with van der Waals surface area (Å²) in [7, 11) is 0. The van der Waals surface area contributed by atoms with Gasteiger partial charge in [-0.1, -0.05) is 35.5 Å². The number of hydrogen-bond donors (Lipinski definition) is 0. The lowest BCUT2D eigenvalue weighted by Crippen LogP contribution is -2.09. The van der Waals surface area contributed by atoms with Crippen LogP contribution < -0.4 is 0 Å². The molecule has 1 aliphatic carbocycles. The number of hydrogen-bond acceptors (Lipinski definition) is 4. The molecule has 104 valence electrons. The third-order valence-electron chi connectivity index (χ3n) is 4.07. The largest absolute Gasteiger partial charge is 0.338 e. The Labute approximate surface area is 122 Å². The summed E-state index contributed by atoms with van der Waals surface area (Å²) >= 11 is 0. The highest BCUT2D eigenvalue weighted by Crippen LogP contribution is 2.52. The molecule has 2 heterocycles. The van der Waals surface area contributed by atoms with Crippen molar-refractivity contribution in [1.82, 2.24) is 15.1 Å². The lowest BCUT2D eigenvalue weighted by molar-refractivity contribution is 0.356. The molecule has 0 spiro atoms. The van der Waals surface area contributed by atoms with Gasteiger partial charge in [0.05, 0.1) is 5.41 Å². The molecule has 0 saturated heterocycles. The third-order valence-corrected chi connectivity index (χ3v) is 4.07. The van der Waals surface area contributed by atoms with E-state index in [0.29, 0.717) is 6.42 Å². The van der Waals surface area contributed by atoms with Gasteiger partial charge in [0.25, 0.3) is 0 Å². The Kier molecular flexibility index (Phi) is 2.81. The highest BCUT2D eigenvalue weighted by atomic mass is 16.5. The zero-order valence-corrected chi connectivity index (χ0v) is 11.6. The molecule has 2 aromatic heterocycles. The summed E-state index contributed by atoms with van der Waals surface area (Å²) in [6.07, 6.45) is 6.39. The maximum absolute atomic E-state index is 5.54. The molecule has 4 rings (SSSR count). The maximum Gasteiger partial charge on any atom is 0.237 e. The van der Waals surface area contributed by atoms with Crippen LogP contribution in [-0.2, 0) is 11.8 Å². The van der Waals surface area contributed by atoms with E-state index in [1.54, 1.807) is 12.4 Å². The Balaban J connectivity index is 1.60. The van der Waals surface area contributed by atoms with Crippen LogP contribution >= 0.6 is 0 Å². The molecule has 4 heteroatoms. The summed E-state index contributed by atoms with van der Waals surface area (Å²) in [6.45, 7) is 0. The van der Waals surface area contributed by atoms with E-state index in [1.807, 2.05) is 18.2 Å². The molecule has 4 nitrogen and oxygen atoms in total. The normalized spacial score (nSPS) is 15.8. The molecule has 1 aromatic carbocycles. The third kappa shape index (κ3) is 2.23. The van der Waals surface area contributed by atoms with Gasteiger partial charge in [-0.05, 0) is 36.1 Å². The van der Waals surface area contributed by atoms with E-state index in [-0.39, 0.29) is 5.41 Å². The van der Waals surface area contributed by atoms with E-state index in [1.165, 1.54) is 5.56 Å². The van der Waals surface area contributed by atoms with Crippen LogP contribution in [-0.4, -0.2) is 15.1 Å². The van der Waals surface area contributed by atoms with Crippen LogP contribution in [0.3, 0.4) is 0 Å². The minimum atomic E-state index is -0.0508. The predicted octanol–water partition coefficient (Wildman–Crippen LogP) is 3.14. The second-order valence-corrected chi connectivity index (χ2v) is 5.50. The first kappa shape index (κ1) is 12.3. The fourth-order valence-electron chi connectivity index (χ4n) is 2.71. The molecule has 0 radical (unpaired) electrons. The fourth-order valence-corrected chi connectivity index (χ4v) is 2.71. The molecular formula is C17H15N3O. The monoisotopic (exact) mass is 277 g/mol. The van der Waals surface area contributed by atoms with Gasteiger partial charge < -0.3 is 4.52 Å². The lowest BCUT2D eigenvalue weighted by atomic mass is 9.96. The number of aromatic nitrogens is 3. The van der Waals surface area contributed by atoms with E-state index in [4.69, 9.17) is 4.52 Å². The van der Waals surface area contributed by atoms with Crippen molar-refractivity contribution in [2.24, 2.45) is 0 Å². The lowest BCUT2D eigenvalue weighted by Gasteiger charge is -2.09. The number of benzene rings is 1. The highest BCUT2D eigenvalue weighted by molar-refractivity contribution is 5.38. The van der Waals surface area contributed by atoms with Gasteiger partial charge in [-0.25, -0.2) is 0 Å². The van der Waals surface area contributed by atoms with Crippen LogP contribution in [0.15, 0.2) is 59.4 Å². The summed E-state index contributed by atoms with van der Waals surface area (Å²) in [5.74, 6) is 1.48. The van der Waals surface area contributed by atoms with E-state index < -0.39 is 0 Å². The van der Waals surface area contributed by atoms with Gasteiger partial charge in [-0.3, -0.25) is 4.98 Å². The second kappa shape index (κ2) is 4.81. The molecular weight excluding hydrogens is 262 g/mol. The molecule has 1 saturated carbocycles. The van der Waals surface area contributed by atoms with Crippen molar-refractivity contribution in [1.29, 1.82) is 0 Å². The molecule has 1 aliphatic rings. The highest BCUT2D eigenvalue weighted by Gasteiger charge is 2.50. The molecule has 21 heavy (non-hydrogen) atoms. The minimum Gasteiger partial charge on any atom is -0.338 e. The van der Waals surface area contributed by atoms with Crippen LogP contribution in [0, 0.1) is 0 Å². The summed E-state index contributed by atoms with van der Waals surface area (Å²) in [6, 6.07) is 14.4. The molecule has 1 fully saturated rings. The molecule has 0 atom stereocenters. The van der Waals surface area contributed by atoms with Gasteiger partial charge in [-0.2, -0.15) is 4.98 Å². The van der Waals surface area contributed by atoms with Gasteiger partial charge in [0.1, 0.15) is 0 Å². The van der Waals surface area contributed by atoms with Gasteiger partial charge in [0, 0.05) is 18.8 Å². The Morgan fingerprint density at radius 2 is 1.76 bits per heavy atom. The molecule has 3 aromatic rings. The second-order valence-electron chi connectivity index (χ2n) is 5.50. The predicted molar refractivity (Wildman–Crippen MR) is 77.8 cm³/mol. The summed E-state index contributed by atoms with van der Waals surface area (Å²) in [5, 5.41) is 4.14. The minimum absolute atomic E-state index is 0.0508. The zero-order valence-electron chi connectivity index (χ0n) is 11.6. The molecule has 0 bridgehead atoms. The fraction of sp³-hybridized carbons (Fsp3) is 0.235. The average molecular weight is 277 g/mol. The van der Waals surface area contributed by atoms with Crippen LogP contribution in [0.25, 0.3) is 0 Å². The van der Waals surface area contributed by atoms with Crippen molar-refractivity contribution < 1.29 is 4.52 Å². The number of rotatable bonds is 4. The average Bonchev–Trinajstić information content (AvgIpc) is 3.23. The first-order valence-corrected chi connectivity index (χ1v) is 7.14. The molecule has 0 aliphatic heterocycles. The summed E-state index contributed by atoms with van der Waals surface area (Å²) in [4.78, 5) is 8.63. The SMILES string of the molecule is c1ccc(C2(c3nc(Cc4ccncc4)no3)CC2)cc1. The zero-order chi connectivity index (χ0) is 14.1. The van der Waals surface area contributed by atoms with E-state index >= 15 is 0 Å². The first-order valence-electron chi connectivity index (χ1n) is 7.14. The Hall–Kier alpha value is -2.49. The topological polar surface area (TPSA) is 51.8 Å². The Morgan fingerprint density at radius 3 is 2.48 bits per heavy atom. The van der Waals surface area contributed by atoms with Crippen LogP contribution in [0.4, 0.5) is 0 Å². The van der Waals surface area contributed by atoms with Crippen molar-refractivity contribution in [2.45, 2.75) is 24.7 Å². The summed E-state index contributed by atoms with van der Waals surface area (Å²) < 4.78 is 5.54. The van der Waals surface area contributed by atoms with Crippen LogP contribution in [0.1, 0.15) is 35.7 Å². The standard InChI is InChI=1S/C17H15N3O/c1-2-4-14(5-3-1)17(8-9-17)16-19-15(20-21-16)12-13-6-10-18-11-7-13/h1-7,10-11H,8-9,12H2. The first-order chi connectivity index (χ1) is 10.4. The van der Waals surface area contributed by atoms with Gasteiger partial charge in [0.2, 0.25) is 5.89 Å². The van der Waals surface area contributed by atoms with Crippen molar-refractivity contribution in [2.75, 3.05) is 0 Å². The van der Waals surface area contributed by atoms with E-state index in [9.17, 15) is 0 Å². The van der Waals surface area contributed by atoms with Crippen molar-refractivity contribution in [3.05, 3.63) is 77.7 Å². The molecule has 0 unspecified atom stereocenters. The van der Waals surface area contributed by atoms with Crippen LogP contribution in [0.2, 0.25) is 0 Å². The van der Waals surface area contributed by atoms with Gasteiger partial charge in [0.15, 0.2) is 5.82 Å². The van der Waals surface area contributed by atoms with Crippen molar-refractivity contribution in [3.8, 4) is 0 Å². The van der Waals surface area contributed by atoms with E-state index in [0.717, 1.165) is 30.1 Å². The molecule has 0 amide bonds. The number of pyridine rings is 1. The molecule has 0 N–H and O–H groups in total. The van der Waals surface area contributed by atoms with E-state index in [2.05, 4.69) is 39.4 Å². The van der Waals surface area contributed by atoms with Crippen molar-refractivity contribution in [3.63, 3.8) is 0 Å². The van der Waals surface area contributed by atoms with Gasteiger partial charge >= 0.3 is 0 Å². The Morgan fingerprint density at radius 1 is 1.00 bits per heavy atom.